The van der Waals surface area contributed by atoms with Gasteiger partial charge in [0.25, 0.3) is 0 Å². The van der Waals surface area contributed by atoms with E-state index in [0.717, 1.165) is 0 Å². The molecular formula is C19H22FNO5S. The smallest absolute Gasteiger partial charge is 0.337 e. The minimum Gasteiger partial charge on any atom is -0.494 e. The zero-order valence-corrected chi connectivity index (χ0v) is 16.5. The number of hydrogen-bond donors (Lipinski definition) is 0. The topological polar surface area (TPSA) is 72.9 Å². The molecule has 0 radical (unpaired) electrons. The summed E-state index contributed by atoms with van der Waals surface area (Å²) in [4.78, 5) is 11.8. The minimum absolute atomic E-state index is 0.0123. The van der Waals surface area contributed by atoms with Crippen molar-refractivity contribution >= 4 is 16.0 Å². The van der Waals surface area contributed by atoms with Crippen LogP contribution in [0.3, 0.4) is 0 Å². The third-order valence-electron chi connectivity index (χ3n) is 4.15. The number of benzene rings is 2. The van der Waals surface area contributed by atoms with Crippen LogP contribution in [0.5, 0.6) is 5.75 Å². The summed E-state index contributed by atoms with van der Waals surface area (Å²) in [6.07, 6.45) is 0. The molecule has 2 rings (SSSR count). The monoisotopic (exact) mass is 395 g/mol. The average molecular weight is 395 g/mol. The Morgan fingerprint density at radius 1 is 1.15 bits per heavy atom. The number of aryl methyl sites for hydroxylation is 1. The fourth-order valence-electron chi connectivity index (χ4n) is 2.64. The van der Waals surface area contributed by atoms with Gasteiger partial charge < -0.3 is 9.47 Å². The molecule has 0 saturated heterocycles. The van der Waals surface area contributed by atoms with Crippen molar-refractivity contribution in [3.8, 4) is 5.75 Å². The number of methoxy groups -OCH3 is 2. The van der Waals surface area contributed by atoms with Gasteiger partial charge in [-0.25, -0.2) is 17.6 Å². The van der Waals surface area contributed by atoms with E-state index in [-0.39, 0.29) is 29.3 Å². The van der Waals surface area contributed by atoms with Crippen LogP contribution in [0.15, 0.2) is 41.3 Å². The summed E-state index contributed by atoms with van der Waals surface area (Å²) in [5, 5.41) is 0. The number of carbonyl (C=O) groups excluding carboxylic acids is 1. The molecule has 2 aromatic carbocycles. The van der Waals surface area contributed by atoms with E-state index in [2.05, 4.69) is 4.74 Å². The summed E-state index contributed by atoms with van der Waals surface area (Å²) >= 11 is 0. The lowest BCUT2D eigenvalue weighted by Crippen LogP contribution is -2.31. The average Bonchev–Trinajstić information content (AvgIpc) is 2.65. The summed E-state index contributed by atoms with van der Waals surface area (Å²) in [5.74, 6) is -1.09. The molecule has 0 atom stereocenters. The third-order valence-corrected chi connectivity index (χ3v) is 6.22. The molecule has 8 heteroatoms. The van der Waals surface area contributed by atoms with Crippen LogP contribution < -0.4 is 4.74 Å². The fourth-order valence-corrected chi connectivity index (χ4v) is 4.33. The molecule has 0 aliphatic carbocycles. The quantitative estimate of drug-likeness (QED) is 0.674. The van der Waals surface area contributed by atoms with Crippen LogP contribution in [-0.4, -0.2) is 39.5 Å². The van der Waals surface area contributed by atoms with Crippen molar-refractivity contribution in [2.75, 3.05) is 20.8 Å². The molecule has 146 valence electrons. The Morgan fingerprint density at radius 3 is 2.41 bits per heavy atom. The molecule has 0 fully saturated rings. The second-order valence-electron chi connectivity index (χ2n) is 5.87. The SMILES string of the molecule is CCN(Cc1ccc(OC)c(F)c1)S(=O)(=O)c1cc(C(=O)OC)ccc1C. The predicted molar refractivity (Wildman–Crippen MR) is 98.7 cm³/mol. The first kappa shape index (κ1) is 20.9. The Balaban J connectivity index is 2.41. The maximum absolute atomic E-state index is 13.9. The van der Waals surface area contributed by atoms with Crippen LogP contribution in [0.2, 0.25) is 0 Å². The number of sulfonamides is 1. The summed E-state index contributed by atoms with van der Waals surface area (Å²) < 4.78 is 50.9. The number of hydrogen-bond acceptors (Lipinski definition) is 5. The summed E-state index contributed by atoms with van der Waals surface area (Å²) in [6, 6.07) is 8.67. The third kappa shape index (κ3) is 4.45. The molecule has 0 saturated carbocycles. The van der Waals surface area contributed by atoms with E-state index in [1.54, 1.807) is 26.0 Å². The van der Waals surface area contributed by atoms with Crippen molar-refractivity contribution in [1.82, 2.24) is 4.31 Å². The fraction of sp³-hybridized carbons (Fsp3) is 0.316. The lowest BCUT2D eigenvalue weighted by atomic mass is 10.1. The van der Waals surface area contributed by atoms with Gasteiger partial charge in [-0.3, -0.25) is 0 Å². The maximum atomic E-state index is 13.9. The highest BCUT2D eigenvalue weighted by molar-refractivity contribution is 7.89. The van der Waals surface area contributed by atoms with E-state index >= 15 is 0 Å². The number of carbonyl (C=O) groups is 1. The van der Waals surface area contributed by atoms with Gasteiger partial charge in [-0.15, -0.1) is 0 Å². The van der Waals surface area contributed by atoms with Crippen LogP contribution in [-0.2, 0) is 21.3 Å². The number of ether oxygens (including phenoxy) is 2. The van der Waals surface area contributed by atoms with E-state index in [0.29, 0.717) is 11.1 Å². The van der Waals surface area contributed by atoms with Gasteiger partial charge in [-0.2, -0.15) is 4.31 Å². The van der Waals surface area contributed by atoms with Gasteiger partial charge in [0.05, 0.1) is 24.7 Å². The Labute approximate surface area is 158 Å². The molecule has 27 heavy (non-hydrogen) atoms. The maximum Gasteiger partial charge on any atom is 0.337 e. The molecule has 6 nitrogen and oxygen atoms in total. The molecule has 0 heterocycles. The molecule has 0 aliphatic heterocycles. The van der Waals surface area contributed by atoms with Gasteiger partial charge in [0.15, 0.2) is 11.6 Å². The first-order valence-electron chi connectivity index (χ1n) is 8.26. The van der Waals surface area contributed by atoms with Crippen molar-refractivity contribution < 1.29 is 27.1 Å². The van der Waals surface area contributed by atoms with E-state index in [1.165, 1.54) is 42.8 Å². The zero-order chi connectivity index (χ0) is 20.2. The molecule has 0 aliphatic rings. The number of esters is 1. The first-order chi connectivity index (χ1) is 12.7. The molecule has 0 spiro atoms. The minimum atomic E-state index is -3.90. The first-order valence-corrected chi connectivity index (χ1v) is 9.70. The predicted octanol–water partition coefficient (Wildman–Crippen LogP) is 3.14. The Bertz CT molecular complexity index is 943. The highest BCUT2D eigenvalue weighted by Crippen LogP contribution is 2.25. The molecular weight excluding hydrogens is 373 g/mol. The Morgan fingerprint density at radius 2 is 1.85 bits per heavy atom. The normalized spacial score (nSPS) is 11.5. The Hall–Kier alpha value is -2.45. The van der Waals surface area contributed by atoms with Crippen LogP contribution in [0.4, 0.5) is 4.39 Å². The van der Waals surface area contributed by atoms with Crippen LogP contribution >= 0.6 is 0 Å². The number of nitrogens with zero attached hydrogens (tertiary/aromatic N) is 1. The molecule has 0 bridgehead atoms. The van der Waals surface area contributed by atoms with Gasteiger partial charge in [0, 0.05) is 13.1 Å². The standard InChI is InChI=1S/C19H22FNO5S/c1-5-21(12-14-7-9-17(25-3)16(20)10-14)27(23,24)18-11-15(19(22)26-4)8-6-13(18)2/h6-11H,5,12H2,1-4H3. The second-order valence-corrected chi connectivity index (χ2v) is 7.78. The zero-order valence-electron chi connectivity index (χ0n) is 15.7. The molecule has 2 aromatic rings. The summed E-state index contributed by atoms with van der Waals surface area (Å²) in [7, 11) is -1.31. The van der Waals surface area contributed by atoms with E-state index < -0.39 is 21.8 Å². The van der Waals surface area contributed by atoms with Gasteiger partial charge >= 0.3 is 5.97 Å². The van der Waals surface area contributed by atoms with Crippen molar-refractivity contribution in [1.29, 1.82) is 0 Å². The number of rotatable bonds is 7. The lowest BCUT2D eigenvalue weighted by molar-refractivity contribution is 0.0600. The van der Waals surface area contributed by atoms with Crippen molar-refractivity contribution in [2.24, 2.45) is 0 Å². The van der Waals surface area contributed by atoms with Crippen molar-refractivity contribution in [3.63, 3.8) is 0 Å². The molecule has 0 amide bonds. The summed E-state index contributed by atoms with van der Waals surface area (Å²) in [6.45, 7) is 3.51. The molecule has 0 N–H and O–H groups in total. The van der Waals surface area contributed by atoms with Crippen LogP contribution in [0.25, 0.3) is 0 Å². The molecule has 0 unspecified atom stereocenters. The van der Waals surface area contributed by atoms with Crippen molar-refractivity contribution in [2.45, 2.75) is 25.3 Å². The Kier molecular flexibility index (Phi) is 6.56. The number of halogens is 1. The van der Waals surface area contributed by atoms with Crippen LogP contribution in [0, 0.1) is 12.7 Å². The van der Waals surface area contributed by atoms with E-state index in [1.807, 2.05) is 0 Å². The van der Waals surface area contributed by atoms with E-state index in [9.17, 15) is 17.6 Å². The lowest BCUT2D eigenvalue weighted by Gasteiger charge is -2.22. The van der Waals surface area contributed by atoms with Gasteiger partial charge in [0.2, 0.25) is 10.0 Å². The highest BCUT2D eigenvalue weighted by atomic mass is 32.2. The van der Waals surface area contributed by atoms with Gasteiger partial charge in [-0.05, 0) is 42.3 Å². The summed E-state index contributed by atoms with van der Waals surface area (Å²) in [5.41, 5.74) is 1.13. The van der Waals surface area contributed by atoms with Crippen LogP contribution in [0.1, 0.15) is 28.4 Å². The molecule has 0 aromatic heterocycles. The van der Waals surface area contributed by atoms with E-state index in [4.69, 9.17) is 4.74 Å². The largest absolute Gasteiger partial charge is 0.494 e. The van der Waals surface area contributed by atoms with Gasteiger partial charge in [-0.1, -0.05) is 19.1 Å². The van der Waals surface area contributed by atoms with Crippen molar-refractivity contribution in [3.05, 3.63) is 58.9 Å². The van der Waals surface area contributed by atoms with Gasteiger partial charge in [0.1, 0.15) is 0 Å². The highest BCUT2D eigenvalue weighted by Gasteiger charge is 2.26. The second kappa shape index (κ2) is 8.49.